The SMILES string of the molecule is CCCCCOc1cccc(C(=O)Nc2nc3ccc(Br)cc3s2)c1. The van der Waals surface area contributed by atoms with Crippen molar-refractivity contribution in [2.45, 2.75) is 26.2 Å². The number of rotatable bonds is 7. The summed E-state index contributed by atoms with van der Waals surface area (Å²) >= 11 is 4.90. The maximum Gasteiger partial charge on any atom is 0.257 e. The van der Waals surface area contributed by atoms with Crippen LogP contribution in [0.2, 0.25) is 0 Å². The minimum absolute atomic E-state index is 0.183. The normalized spacial score (nSPS) is 10.8. The molecule has 0 aliphatic rings. The van der Waals surface area contributed by atoms with E-state index in [-0.39, 0.29) is 5.91 Å². The van der Waals surface area contributed by atoms with Gasteiger partial charge in [0.25, 0.3) is 5.91 Å². The fourth-order valence-corrected chi connectivity index (χ4v) is 3.80. The van der Waals surface area contributed by atoms with E-state index < -0.39 is 0 Å². The fraction of sp³-hybridized carbons (Fsp3) is 0.263. The molecular weight excluding hydrogens is 400 g/mol. The Hall–Kier alpha value is -1.92. The standard InChI is InChI=1S/C19H19BrN2O2S/c1-2-3-4-10-24-15-7-5-6-13(11-15)18(23)22-19-21-16-9-8-14(20)12-17(16)25-19/h5-9,11-12H,2-4,10H2,1H3,(H,21,22,23). The summed E-state index contributed by atoms with van der Waals surface area (Å²) < 4.78 is 7.73. The van der Waals surface area contributed by atoms with Crippen LogP contribution < -0.4 is 10.1 Å². The lowest BCUT2D eigenvalue weighted by molar-refractivity contribution is 0.102. The zero-order valence-corrected chi connectivity index (χ0v) is 16.3. The van der Waals surface area contributed by atoms with Crippen LogP contribution in [0.25, 0.3) is 10.2 Å². The van der Waals surface area contributed by atoms with Gasteiger partial charge in [-0.1, -0.05) is 53.1 Å². The molecule has 0 unspecified atom stereocenters. The molecule has 2 aromatic carbocycles. The summed E-state index contributed by atoms with van der Waals surface area (Å²) in [6.07, 6.45) is 3.33. The van der Waals surface area contributed by atoms with Gasteiger partial charge in [-0.15, -0.1) is 0 Å². The van der Waals surface area contributed by atoms with Crippen molar-refractivity contribution in [3.63, 3.8) is 0 Å². The molecule has 4 nitrogen and oxygen atoms in total. The minimum Gasteiger partial charge on any atom is -0.494 e. The van der Waals surface area contributed by atoms with Gasteiger partial charge in [0, 0.05) is 10.0 Å². The van der Waals surface area contributed by atoms with Crippen molar-refractivity contribution < 1.29 is 9.53 Å². The van der Waals surface area contributed by atoms with Crippen LogP contribution in [0.5, 0.6) is 5.75 Å². The highest BCUT2D eigenvalue weighted by atomic mass is 79.9. The molecule has 0 bridgehead atoms. The molecule has 3 aromatic rings. The number of carbonyl (C=O) groups excluding carboxylic acids is 1. The van der Waals surface area contributed by atoms with Gasteiger partial charge in [0.15, 0.2) is 5.13 Å². The fourth-order valence-electron chi connectivity index (χ4n) is 2.39. The maximum absolute atomic E-state index is 12.5. The number of amides is 1. The molecule has 1 heterocycles. The van der Waals surface area contributed by atoms with E-state index in [1.807, 2.05) is 30.3 Å². The Kier molecular flexibility index (Phi) is 6.04. The van der Waals surface area contributed by atoms with Gasteiger partial charge in [-0.25, -0.2) is 4.98 Å². The highest BCUT2D eigenvalue weighted by Gasteiger charge is 2.11. The number of unbranched alkanes of at least 4 members (excludes halogenated alkanes) is 2. The highest BCUT2D eigenvalue weighted by Crippen LogP contribution is 2.28. The molecule has 0 aliphatic heterocycles. The molecule has 6 heteroatoms. The molecule has 3 rings (SSSR count). The predicted molar refractivity (Wildman–Crippen MR) is 107 cm³/mol. The lowest BCUT2D eigenvalue weighted by Gasteiger charge is -2.07. The zero-order chi connectivity index (χ0) is 17.6. The summed E-state index contributed by atoms with van der Waals surface area (Å²) in [5, 5.41) is 3.46. The number of hydrogen-bond acceptors (Lipinski definition) is 4. The Balaban J connectivity index is 1.67. The van der Waals surface area contributed by atoms with Gasteiger partial charge < -0.3 is 4.74 Å². The number of nitrogens with zero attached hydrogens (tertiary/aromatic N) is 1. The molecule has 0 spiro atoms. The second kappa shape index (κ2) is 8.45. The lowest BCUT2D eigenvalue weighted by atomic mass is 10.2. The lowest BCUT2D eigenvalue weighted by Crippen LogP contribution is -2.11. The maximum atomic E-state index is 12.5. The molecule has 0 atom stereocenters. The van der Waals surface area contributed by atoms with Crippen molar-refractivity contribution in [3.05, 3.63) is 52.5 Å². The van der Waals surface area contributed by atoms with Crippen molar-refractivity contribution in [2.24, 2.45) is 0 Å². The number of benzene rings is 2. The Morgan fingerprint density at radius 2 is 2.12 bits per heavy atom. The Morgan fingerprint density at radius 1 is 1.24 bits per heavy atom. The van der Waals surface area contributed by atoms with Crippen LogP contribution >= 0.6 is 27.3 Å². The van der Waals surface area contributed by atoms with Gasteiger partial charge in [-0.3, -0.25) is 10.1 Å². The summed E-state index contributed by atoms with van der Waals surface area (Å²) in [6, 6.07) is 13.1. The molecule has 1 amide bonds. The summed E-state index contributed by atoms with van der Waals surface area (Å²) in [5.41, 5.74) is 1.44. The number of nitrogens with one attached hydrogen (secondary N) is 1. The molecule has 0 radical (unpaired) electrons. The second-order valence-corrected chi connectivity index (χ2v) is 7.61. The van der Waals surface area contributed by atoms with Crippen molar-refractivity contribution in [1.29, 1.82) is 0 Å². The number of halogens is 1. The first-order valence-corrected chi connectivity index (χ1v) is 9.87. The summed E-state index contributed by atoms with van der Waals surface area (Å²) in [5.74, 6) is 0.536. The number of carbonyl (C=O) groups is 1. The topological polar surface area (TPSA) is 51.2 Å². The zero-order valence-electron chi connectivity index (χ0n) is 13.9. The first-order chi connectivity index (χ1) is 12.2. The van der Waals surface area contributed by atoms with Crippen molar-refractivity contribution in [2.75, 3.05) is 11.9 Å². The van der Waals surface area contributed by atoms with Crippen LogP contribution in [-0.2, 0) is 0 Å². The Morgan fingerprint density at radius 3 is 2.96 bits per heavy atom. The van der Waals surface area contributed by atoms with Crippen molar-refractivity contribution in [1.82, 2.24) is 4.98 Å². The van der Waals surface area contributed by atoms with Crippen molar-refractivity contribution in [3.8, 4) is 5.75 Å². The number of fused-ring (bicyclic) bond motifs is 1. The molecule has 1 N–H and O–H groups in total. The summed E-state index contributed by atoms with van der Waals surface area (Å²) in [4.78, 5) is 16.9. The van der Waals surface area contributed by atoms with Crippen LogP contribution in [-0.4, -0.2) is 17.5 Å². The van der Waals surface area contributed by atoms with Crippen LogP contribution in [0.3, 0.4) is 0 Å². The van der Waals surface area contributed by atoms with E-state index in [0.717, 1.165) is 39.7 Å². The third-order valence-electron chi connectivity index (χ3n) is 3.68. The van der Waals surface area contributed by atoms with E-state index in [1.165, 1.54) is 11.3 Å². The van der Waals surface area contributed by atoms with E-state index in [9.17, 15) is 4.79 Å². The Labute approximate surface area is 159 Å². The molecule has 0 fully saturated rings. The summed E-state index contributed by atoms with van der Waals surface area (Å²) in [6.45, 7) is 2.83. The van der Waals surface area contributed by atoms with Gasteiger partial charge >= 0.3 is 0 Å². The number of ether oxygens (including phenoxy) is 1. The van der Waals surface area contributed by atoms with Gasteiger partial charge in [-0.05, 0) is 42.8 Å². The van der Waals surface area contributed by atoms with E-state index in [2.05, 4.69) is 33.2 Å². The third-order valence-corrected chi connectivity index (χ3v) is 5.11. The molecule has 0 saturated heterocycles. The van der Waals surface area contributed by atoms with Crippen LogP contribution in [0.15, 0.2) is 46.9 Å². The predicted octanol–water partition coefficient (Wildman–Crippen LogP) is 5.88. The Bertz CT molecular complexity index is 879. The van der Waals surface area contributed by atoms with Gasteiger partial charge in [0.1, 0.15) is 5.75 Å². The molecule has 1 aromatic heterocycles. The van der Waals surface area contributed by atoms with Gasteiger partial charge in [-0.2, -0.15) is 0 Å². The van der Waals surface area contributed by atoms with E-state index in [1.54, 1.807) is 12.1 Å². The molecular formula is C19H19BrN2O2S. The smallest absolute Gasteiger partial charge is 0.257 e. The molecule has 0 aliphatic carbocycles. The van der Waals surface area contributed by atoms with E-state index in [4.69, 9.17) is 4.74 Å². The number of thiazole rings is 1. The number of hydrogen-bond donors (Lipinski definition) is 1. The monoisotopic (exact) mass is 418 g/mol. The average molecular weight is 419 g/mol. The van der Waals surface area contributed by atoms with Crippen molar-refractivity contribution >= 4 is 48.5 Å². The molecule has 130 valence electrons. The summed E-state index contributed by atoms with van der Waals surface area (Å²) in [7, 11) is 0. The second-order valence-electron chi connectivity index (χ2n) is 5.67. The molecule has 25 heavy (non-hydrogen) atoms. The first-order valence-electron chi connectivity index (χ1n) is 8.26. The average Bonchev–Trinajstić information content (AvgIpc) is 3.00. The van der Waals surface area contributed by atoms with Gasteiger partial charge in [0.2, 0.25) is 0 Å². The number of anilines is 1. The van der Waals surface area contributed by atoms with Crippen LogP contribution in [0.4, 0.5) is 5.13 Å². The minimum atomic E-state index is -0.183. The van der Waals surface area contributed by atoms with Gasteiger partial charge in [0.05, 0.1) is 16.8 Å². The number of aromatic nitrogens is 1. The third kappa shape index (κ3) is 4.80. The largest absolute Gasteiger partial charge is 0.494 e. The quantitative estimate of drug-likeness (QED) is 0.487. The van der Waals surface area contributed by atoms with E-state index in [0.29, 0.717) is 17.3 Å². The molecule has 0 saturated carbocycles. The van der Waals surface area contributed by atoms with Crippen LogP contribution in [0, 0.1) is 0 Å². The first kappa shape index (κ1) is 17.9. The van der Waals surface area contributed by atoms with Crippen LogP contribution in [0.1, 0.15) is 36.5 Å². The highest BCUT2D eigenvalue weighted by molar-refractivity contribution is 9.10. The van der Waals surface area contributed by atoms with E-state index >= 15 is 0 Å².